The number of hydrogen-bond donors (Lipinski definition) is 0. The number of nitrogens with zero attached hydrogens (tertiary/aromatic N) is 1. The van der Waals surface area contributed by atoms with Crippen molar-refractivity contribution in [2.24, 2.45) is 0 Å². The molecule has 2 heteroatoms. The molecule has 1 unspecified atom stereocenters. The third kappa shape index (κ3) is 4.00. The molecule has 0 N–H and O–H groups in total. The van der Waals surface area contributed by atoms with Crippen molar-refractivity contribution >= 4 is 8.07 Å². The number of rotatable bonds is 3. The van der Waals surface area contributed by atoms with E-state index >= 15 is 0 Å². The van der Waals surface area contributed by atoms with Crippen LogP contribution in [0.4, 0.5) is 0 Å². The van der Waals surface area contributed by atoms with Crippen LogP contribution < -0.4 is 0 Å². The fourth-order valence-corrected chi connectivity index (χ4v) is 2.10. The zero-order valence-corrected chi connectivity index (χ0v) is 8.89. The SMILES string of the molecule is C/C=C/CC(C#N)[Si](C)(C)C. The van der Waals surface area contributed by atoms with E-state index in [9.17, 15) is 0 Å². The van der Waals surface area contributed by atoms with Gasteiger partial charge in [-0.05, 0) is 13.3 Å². The van der Waals surface area contributed by atoms with Gasteiger partial charge in [-0.2, -0.15) is 5.26 Å². The van der Waals surface area contributed by atoms with Crippen molar-refractivity contribution in [3.63, 3.8) is 0 Å². The van der Waals surface area contributed by atoms with Crippen LogP contribution in [0.15, 0.2) is 12.2 Å². The molecule has 0 bridgehead atoms. The van der Waals surface area contributed by atoms with Gasteiger partial charge in [0.2, 0.25) is 0 Å². The second-order valence-electron chi connectivity index (χ2n) is 3.85. The van der Waals surface area contributed by atoms with Crippen LogP contribution in [-0.4, -0.2) is 8.07 Å². The quantitative estimate of drug-likeness (QED) is 0.468. The summed E-state index contributed by atoms with van der Waals surface area (Å²) in [6, 6.07) is 2.39. The molecule has 0 amide bonds. The lowest BCUT2D eigenvalue weighted by Crippen LogP contribution is -2.26. The normalized spacial score (nSPS) is 14.8. The van der Waals surface area contributed by atoms with Gasteiger partial charge in [-0.1, -0.05) is 31.8 Å². The second kappa shape index (κ2) is 4.35. The molecule has 0 aromatic heterocycles. The summed E-state index contributed by atoms with van der Waals surface area (Å²) >= 11 is 0. The predicted octanol–water partition coefficient (Wildman–Crippen LogP) is 3.18. The lowest BCUT2D eigenvalue weighted by Gasteiger charge is -2.20. The van der Waals surface area contributed by atoms with Gasteiger partial charge in [-0.3, -0.25) is 0 Å². The fraction of sp³-hybridized carbons (Fsp3) is 0.667. The first kappa shape index (κ1) is 10.4. The molecular weight excluding hydrogens is 150 g/mol. The highest BCUT2D eigenvalue weighted by molar-refractivity contribution is 6.78. The molecule has 0 saturated carbocycles. The fourth-order valence-electron chi connectivity index (χ4n) is 0.872. The highest BCUT2D eigenvalue weighted by atomic mass is 28.3. The molecule has 1 atom stereocenters. The Hall–Kier alpha value is -0.553. The zero-order valence-electron chi connectivity index (χ0n) is 7.89. The summed E-state index contributed by atoms with van der Waals surface area (Å²) in [4.78, 5) is 0. The van der Waals surface area contributed by atoms with Crippen LogP contribution >= 0.6 is 0 Å². The minimum Gasteiger partial charge on any atom is -0.198 e. The van der Waals surface area contributed by atoms with Crippen molar-refractivity contribution in [3.8, 4) is 6.07 Å². The molecule has 0 heterocycles. The van der Waals surface area contributed by atoms with Crippen LogP contribution in [-0.2, 0) is 0 Å². The number of hydrogen-bond acceptors (Lipinski definition) is 1. The smallest absolute Gasteiger partial charge is 0.0644 e. The first-order valence-electron chi connectivity index (χ1n) is 4.03. The molecule has 0 saturated heterocycles. The van der Waals surface area contributed by atoms with Gasteiger partial charge in [-0.25, -0.2) is 0 Å². The lowest BCUT2D eigenvalue weighted by atomic mass is 10.3. The first-order chi connectivity index (χ1) is 5.02. The van der Waals surface area contributed by atoms with E-state index < -0.39 is 8.07 Å². The van der Waals surface area contributed by atoms with Gasteiger partial charge < -0.3 is 0 Å². The van der Waals surface area contributed by atoms with E-state index in [1.807, 2.05) is 13.0 Å². The summed E-state index contributed by atoms with van der Waals surface area (Å²) in [5, 5.41) is 8.84. The molecule has 0 aromatic carbocycles. The van der Waals surface area contributed by atoms with Crippen molar-refractivity contribution in [3.05, 3.63) is 12.2 Å². The largest absolute Gasteiger partial charge is 0.198 e. The van der Waals surface area contributed by atoms with Crippen LogP contribution in [0.1, 0.15) is 13.3 Å². The van der Waals surface area contributed by atoms with Crippen LogP contribution in [0.5, 0.6) is 0 Å². The topological polar surface area (TPSA) is 23.8 Å². The molecule has 0 spiro atoms. The number of allylic oxidation sites excluding steroid dienone is 2. The summed E-state index contributed by atoms with van der Waals surface area (Å²) < 4.78 is 0. The van der Waals surface area contributed by atoms with Crippen molar-refractivity contribution in [2.75, 3.05) is 0 Å². The van der Waals surface area contributed by atoms with E-state index in [1.165, 1.54) is 0 Å². The summed E-state index contributed by atoms with van der Waals surface area (Å²) in [7, 11) is -1.24. The zero-order chi connectivity index (χ0) is 8.91. The van der Waals surface area contributed by atoms with Gasteiger partial charge in [0.25, 0.3) is 0 Å². The average molecular weight is 167 g/mol. The van der Waals surface area contributed by atoms with Crippen LogP contribution in [0, 0.1) is 11.3 Å². The average Bonchev–Trinajstić information content (AvgIpc) is 1.87. The monoisotopic (exact) mass is 167 g/mol. The maximum atomic E-state index is 8.84. The molecule has 0 aliphatic rings. The molecule has 0 radical (unpaired) electrons. The van der Waals surface area contributed by atoms with Gasteiger partial charge in [0.05, 0.1) is 14.1 Å². The standard InChI is InChI=1S/C9H17NSi/c1-5-6-7-9(8-10)11(2,3)4/h5-6,9H,7H2,1-4H3/b6-5+. The maximum Gasteiger partial charge on any atom is 0.0644 e. The number of nitriles is 1. The minimum atomic E-state index is -1.24. The van der Waals surface area contributed by atoms with Crippen molar-refractivity contribution in [1.29, 1.82) is 5.26 Å². The summed E-state index contributed by atoms with van der Waals surface area (Å²) in [6.07, 6.45) is 5.04. The minimum absolute atomic E-state index is 0.277. The highest BCUT2D eigenvalue weighted by Gasteiger charge is 2.24. The van der Waals surface area contributed by atoms with Gasteiger partial charge in [0.1, 0.15) is 0 Å². The van der Waals surface area contributed by atoms with Crippen LogP contribution in [0.2, 0.25) is 25.2 Å². The highest BCUT2D eigenvalue weighted by Crippen LogP contribution is 2.24. The summed E-state index contributed by atoms with van der Waals surface area (Å²) in [5.74, 6) is 0. The summed E-state index contributed by atoms with van der Waals surface area (Å²) in [6.45, 7) is 8.72. The van der Waals surface area contributed by atoms with E-state index in [1.54, 1.807) is 0 Å². The van der Waals surface area contributed by atoms with Crippen LogP contribution in [0.3, 0.4) is 0 Å². The predicted molar refractivity (Wildman–Crippen MR) is 52.1 cm³/mol. The molecule has 0 rings (SSSR count). The van der Waals surface area contributed by atoms with Gasteiger partial charge >= 0.3 is 0 Å². The molecule has 11 heavy (non-hydrogen) atoms. The molecule has 0 aromatic rings. The van der Waals surface area contributed by atoms with E-state index in [4.69, 9.17) is 5.26 Å². The molecule has 62 valence electrons. The van der Waals surface area contributed by atoms with Gasteiger partial charge in [0, 0.05) is 5.54 Å². The van der Waals surface area contributed by atoms with E-state index in [-0.39, 0.29) is 5.54 Å². The lowest BCUT2D eigenvalue weighted by molar-refractivity contribution is 1.00. The Kier molecular flexibility index (Phi) is 4.13. The van der Waals surface area contributed by atoms with Crippen LogP contribution in [0.25, 0.3) is 0 Å². The Morgan fingerprint density at radius 2 is 2.00 bits per heavy atom. The third-order valence-electron chi connectivity index (χ3n) is 1.81. The second-order valence-corrected chi connectivity index (χ2v) is 9.28. The van der Waals surface area contributed by atoms with E-state index in [2.05, 4.69) is 31.8 Å². The van der Waals surface area contributed by atoms with Gasteiger partial charge in [-0.15, -0.1) is 0 Å². The Labute approximate surface area is 70.7 Å². The Bertz CT molecular complexity index is 171. The Morgan fingerprint density at radius 1 is 1.45 bits per heavy atom. The van der Waals surface area contributed by atoms with Crippen molar-refractivity contribution in [1.82, 2.24) is 0 Å². The Balaban J connectivity index is 4.10. The van der Waals surface area contributed by atoms with Crippen molar-refractivity contribution < 1.29 is 0 Å². The molecule has 1 nitrogen and oxygen atoms in total. The third-order valence-corrected chi connectivity index (χ3v) is 4.26. The van der Waals surface area contributed by atoms with E-state index in [0.717, 1.165) is 6.42 Å². The molecule has 0 aliphatic heterocycles. The van der Waals surface area contributed by atoms with Gasteiger partial charge in [0.15, 0.2) is 0 Å². The maximum absolute atomic E-state index is 8.84. The molecule has 0 fully saturated rings. The first-order valence-corrected chi connectivity index (χ1v) is 7.61. The molecular formula is C9H17NSi. The van der Waals surface area contributed by atoms with E-state index in [0.29, 0.717) is 0 Å². The van der Waals surface area contributed by atoms with Crippen molar-refractivity contribution in [2.45, 2.75) is 38.5 Å². The summed E-state index contributed by atoms with van der Waals surface area (Å²) in [5.41, 5.74) is 0.277. The molecule has 0 aliphatic carbocycles. The Morgan fingerprint density at radius 3 is 2.27 bits per heavy atom.